The molecule has 0 spiro atoms. The van der Waals surface area contributed by atoms with Crippen LogP contribution in [-0.4, -0.2) is 60.9 Å². The zero-order chi connectivity index (χ0) is 31.4. The van der Waals surface area contributed by atoms with Gasteiger partial charge < -0.3 is 28.5 Å². The molecule has 0 amide bonds. The molecule has 10 nitrogen and oxygen atoms in total. The monoisotopic (exact) mass is 601 g/mol. The maximum absolute atomic E-state index is 14.0. The largest absolute Gasteiger partial charge is 0.502 e. The fraction of sp³-hybridized carbons (Fsp3) is 0.382. The second-order valence-corrected chi connectivity index (χ2v) is 11.6. The maximum atomic E-state index is 14.0. The number of para-hydroxylation sites is 1. The van der Waals surface area contributed by atoms with E-state index in [4.69, 9.17) is 13.9 Å². The summed E-state index contributed by atoms with van der Waals surface area (Å²) >= 11 is 0. The van der Waals surface area contributed by atoms with Crippen molar-refractivity contribution in [2.45, 2.75) is 39.3 Å². The van der Waals surface area contributed by atoms with Crippen LogP contribution in [0.5, 0.6) is 11.5 Å². The van der Waals surface area contributed by atoms with Crippen molar-refractivity contribution in [3.05, 3.63) is 98.3 Å². The van der Waals surface area contributed by atoms with Gasteiger partial charge in [-0.25, -0.2) is 0 Å². The number of pyridine rings is 1. The number of carbonyl (C=O) groups is 1. The molecule has 4 aromatic rings. The molecule has 3 heterocycles. The Balaban J connectivity index is 1.47. The van der Waals surface area contributed by atoms with E-state index >= 15 is 0 Å². The molecule has 2 aromatic heterocycles. The van der Waals surface area contributed by atoms with E-state index in [1.165, 1.54) is 13.2 Å². The molecule has 232 valence electrons. The van der Waals surface area contributed by atoms with Crippen molar-refractivity contribution in [1.82, 2.24) is 9.47 Å². The number of fused-ring (bicyclic) bond motifs is 1. The average Bonchev–Trinajstić information content (AvgIpc) is 3.03. The lowest BCUT2D eigenvalue weighted by Gasteiger charge is -2.36. The van der Waals surface area contributed by atoms with E-state index in [-0.39, 0.29) is 29.2 Å². The Morgan fingerprint density at radius 1 is 0.977 bits per heavy atom. The summed E-state index contributed by atoms with van der Waals surface area (Å²) < 4.78 is 18.1. The summed E-state index contributed by atoms with van der Waals surface area (Å²) in [5.74, 6) is -1.03. The van der Waals surface area contributed by atoms with Crippen LogP contribution < -0.4 is 20.6 Å². The van der Waals surface area contributed by atoms with Gasteiger partial charge in [-0.2, -0.15) is 0 Å². The molecule has 0 bridgehead atoms. The van der Waals surface area contributed by atoms with Gasteiger partial charge in [0.25, 0.3) is 5.56 Å². The molecule has 44 heavy (non-hydrogen) atoms. The summed E-state index contributed by atoms with van der Waals surface area (Å²) in [5, 5.41) is 11.8. The third-order valence-corrected chi connectivity index (χ3v) is 8.06. The molecule has 1 saturated heterocycles. The lowest BCUT2D eigenvalue weighted by Crippen LogP contribution is -2.46. The normalized spacial score (nSPS) is 14.6. The molecule has 1 aliphatic heterocycles. The van der Waals surface area contributed by atoms with Crippen molar-refractivity contribution in [2.24, 2.45) is 5.92 Å². The predicted octanol–water partition coefficient (Wildman–Crippen LogP) is 4.34. The molecule has 1 aliphatic rings. The minimum Gasteiger partial charge on any atom is -0.502 e. The Kier molecular flexibility index (Phi) is 9.39. The number of hydrogen-bond acceptors (Lipinski definition) is 9. The van der Waals surface area contributed by atoms with Gasteiger partial charge >= 0.3 is 5.97 Å². The fourth-order valence-electron chi connectivity index (χ4n) is 5.79. The molecular formula is C34H39N3O7. The summed E-state index contributed by atoms with van der Waals surface area (Å²) in [5.41, 5.74) is 1.18. The van der Waals surface area contributed by atoms with E-state index in [0.717, 1.165) is 48.5 Å². The van der Waals surface area contributed by atoms with Gasteiger partial charge in [0.05, 0.1) is 38.6 Å². The summed E-state index contributed by atoms with van der Waals surface area (Å²) in [6, 6.07) is 18.4. The molecule has 5 rings (SSSR count). The third-order valence-electron chi connectivity index (χ3n) is 8.06. The molecule has 10 heteroatoms. The van der Waals surface area contributed by atoms with Crippen molar-refractivity contribution >= 4 is 22.6 Å². The maximum Gasteiger partial charge on any atom is 0.306 e. The van der Waals surface area contributed by atoms with Crippen molar-refractivity contribution < 1.29 is 23.8 Å². The number of carbonyl (C=O) groups excluding carboxylic acids is 1. The highest BCUT2D eigenvalue weighted by molar-refractivity contribution is 5.80. The summed E-state index contributed by atoms with van der Waals surface area (Å²) in [4.78, 5) is 44.1. The van der Waals surface area contributed by atoms with Crippen molar-refractivity contribution in [1.29, 1.82) is 0 Å². The van der Waals surface area contributed by atoms with Crippen LogP contribution in [0.4, 0.5) is 5.69 Å². The number of piperazine rings is 1. The van der Waals surface area contributed by atoms with Crippen LogP contribution in [0.3, 0.4) is 0 Å². The SMILES string of the molecule is COC(=O)CC(c1oc(CN2CCN(c3ccc(OC)cc3)CC2)cc(=O)c1O)c1cc2ccccc2n(CC(C)C)c1=O. The van der Waals surface area contributed by atoms with E-state index in [1.807, 2.05) is 62.4 Å². The van der Waals surface area contributed by atoms with Crippen LogP contribution in [0.25, 0.3) is 10.9 Å². The number of aromatic nitrogens is 1. The van der Waals surface area contributed by atoms with Gasteiger partial charge in [-0.3, -0.25) is 19.3 Å². The third kappa shape index (κ3) is 6.65. The lowest BCUT2D eigenvalue weighted by atomic mass is 9.91. The second kappa shape index (κ2) is 13.4. The highest BCUT2D eigenvalue weighted by atomic mass is 16.5. The second-order valence-electron chi connectivity index (χ2n) is 11.6. The Morgan fingerprint density at radius 3 is 2.34 bits per heavy atom. The van der Waals surface area contributed by atoms with Crippen molar-refractivity contribution in [3.63, 3.8) is 0 Å². The number of nitrogens with zero attached hydrogens (tertiary/aromatic N) is 3. The Morgan fingerprint density at radius 2 is 1.68 bits per heavy atom. The Bertz CT molecular complexity index is 1740. The van der Waals surface area contributed by atoms with Crippen LogP contribution in [0.2, 0.25) is 0 Å². The topological polar surface area (TPSA) is 114 Å². The van der Waals surface area contributed by atoms with Crippen LogP contribution in [0.1, 0.15) is 43.3 Å². The van der Waals surface area contributed by atoms with Gasteiger partial charge in [0.15, 0.2) is 5.76 Å². The quantitative estimate of drug-likeness (QED) is 0.265. The number of anilines is 1. The smallest absolute Gasteiger partial charge is 0.306 e. The van der Waals surface area contributed by atoms with Crippen LogP contribution in [0, 0.1) is 5.92 Å². The number of aromatic hydroxyl groups is 1. The molecule has 0 saturated carbocycles. The molecule has 1 fully saturated rings. The molecule has 1 unspecified atom stereocenters. The van der Waals surface area contributed by atoms with E-state index in [2.05, 4.69) is 9.80 Å². The molecule has 1 N–H and O–H groups in total. The number of methoxy groups -OCH3 is 2. The van der Waals surface area contributed by atoms with E-state index in [1.54, 1.807) is 17.7 Å². The zero-order valence-electron chi connectivity index (χ0n) is 25.6. The number of esters is 1. The van der Waals surface area contributed by atoms with Crippen LogP contribution >= 0.6 is 0 Å². The number of benzene rings is 2. The molecule has 1 atom stereocenters. The summed E-state index contributed by atoms with van der Waals surface area (Å²) in [6.45, 7) is 7.83. The first kappa shape index (κ1) is 30.9. The Labute approximate surface area is 256 Å². The standard InChI is InChI=1S/C34H39N3O7/c1-22(2)20-37-29-8-6-5-7-23(29)17-28(34(37)41)27(19-31(39)43-4)33-32(40)30(38)18-26(44-33)21-35-13-15-36(16-14-35)24-9-11-25(42-3)12-10-24/h5-12,17-18,22,27,40H,13-16,19-21H2,1-4H3. The Hall–Kier alpha value is -4.57. The van der Waals surface area contributed by atoms with Gasteiger partial charge in [-0.05, 0) is 47.7 Å². The van der Waals surface area contributed by atoms with Gasteiger partial charge in [-0.1, -0.05) is 32.0 Å². The van der Waals surface area contributed by atoms with Crippen molar-refractivity contribution in [2.75, 3.05) is 45.3 Å². The fourth-order valence-corrected chi connectivity index (χ4v) is 5.79. The lowest BCUT2D eigenvalue weighted by molar-refractivity contribution is -0.140. The van der Waals surface area contributed by atoms with Gasteiger partial charge in [-0.15, -0.1) is 0 Å². The van der Waals surface area contributed by atoms with E-state index in [9.17, 15) is 19.5 Å². The minimum absolute atomic E-state index is 0.113. The first-order chi connectivity index (χ1) is 21.2. The number of hydrogen-bond donors (Lipinski definition) is 1. The van der Waals surface area contributed by atoms with E-state index < -0.39 is 23.1 Å². The van der Waals surface area contributed by atoms with Gasteiger partial charge in [0, 0.05) is 50.0 Å². The van der Waals surface area contributed by atoms with Gasteiger partial charge in [0.1, 0.15) is 11.5 Å². The highest BCUT2D eigenvalue weighted by Gasteiger charge is 2.30. The first-order valence-electron chi connectivity index (χ1n) is 14.8. The number of rotatable bonds is 10. The number of ether oxygens (including phenoxy) is 2. The molecule has 0 aliphatic carbocycles. The highest BCUT2D eigenvalue weighted by Crippen LogP contribution is 2.34. The predicted molar refractivity (Wildman–Crippen MR) is 169 cm³/mol. The molecular weight excluding hydrogens is 562 g/mol. The van der Waals surface area contributed by atoms with Crippen molar-refractivity contribution in [3.8, 4) is 11.5 Å². The molecule has 2 aromatic carbocycles. The minimum atomic E-state index is -1.03. The van der Waals surface area contributed by atoms with Gasteiger partial charge in [0.2, 0.25) is 11.2 Å². The average molecular weight is 602 g/mol. The van der Waals surface area contributed by atoms with Crippen LogP contribution in [0.15, 0.2) is 74.7 Å². The van der Waals surface area contributed by atoms with E-state index in [0.29, 0.717) is 18.8 Å². The van der Waals surface area contributed by atoms with Crippen LogP contribution in [-0.2, 0) is 22.6 Å². The first-order valence-corrected chi connectivity index (χ1v) is 14.8. The summed E-state index contributed by atoms with van der Waals surface area (Å²) in [7, 11) is 2.90. The zero-order valence-corrected chi connectivity index (χ0v) is 25.6. The summed E-state index contributed by atoms with van der Waals surface area (Å²) in [6.07, 6.45) is -0.285. The molecule has 0 radical (unpaired) electrons.